The third-order valence-electron chi connectivity index (χ3n) is 2.69. The van der Waals surface area contributed by atoms with Crippen molar-refractivity contribution < 1.29 is 14.6 Å². The van der Waals surface area contributed by atoms with Gasteiger partial charge in [0.1, 0.15) is 12.2 Å². The number of carbonyl (C=O) groups is 1. The fraction of sp³-hybridized carbons (Fsp3) is 0.462. The highest BCUT2D eigenvalue weighted by atomic mass is 35.5. The van der Waals surface area contributed by atoms with Crippen molar-refractivity contribution in [3.63, 3.8) is 0 Å². The van der Waals surface area contributed by atoms with Crippen molar-refractivity contribution >= 4 is 17.7 Å². The number of amides is 1. The largest absolute Gasteiger partial charge is 0.443 e. The average Bonchev–Trinajstić information content (AvgIpc) is 2.34. The molecule has 1 rings (SSSR count). The Labute approximate surface area is 112 Å². The van der Waals surface area contributed by atoms with E-state index in [0.717, 1.165) is 12.8 Å². The van der Waals surface area contributed by atoms with Crippen LogP contribution in [0.25, 0.3) is 0 Å². The number of unbranched alkanes of at least 4 members (excludes halogenated alkanes) is 1. The number of hydrogen-bond acceptors (Lipinski definition) is 3. The lowest BCUT2D eigenvalue weighted by Crippen LogP contribution is -2.28. The predicted octanol–water partition coefficient (Wildman–Crippen LogP) is 3.03. The molecule has 0 aliphatic rings. The molecule has 0 spiro atoms. The van der Waals surface area contributed by atoms with Crippen LogP contribution in [-0.2, 0) is 4.74 Å². The van der Waals surface area contributed by atoms with E-state index in [4.69, 9.17) is 22.1 Å². The summed E-state index contributed by atoms with van der Waals surface area (Å²) in [6.07, 6.45) is -0.193. The molecule has 0 unspecified atom stereocenters. The second kappa shape index (κ2) is 7.24. The number of carbonyl (C=O) groups excluding carboxylic acids is 1. The topological polar surface area (TPSA) is 72.5 Å². The van der Waals surface area contributed by atoms with E-state index in [1.54, 1.807) is 24.3 Å². The summed E-state index contributed by atoms with van der Waals surface area (Å²) in [5.41, 5.74) is 5.56. The minimum atomic E-state index is -0.960. The molecule has 3 N–H and O–H groups in total. The van der Waals surface area contributed by atoms with E-state index in [-0.39, 0.29) is 0 Å². The molecule has 1 aromatic rings. The first-order valence-corrected chi connectivity index (χ1v) is 6.32. The molecule has 18 heavy (non-hydrogen) atoms. The van der Waals surface area contributed by atoms with Gasteiger partial charge in [-0.25, -0.2) is 4.79 Å². The Morgan fingerprint density at radius 3 is 2.72 bits per heavy atom. The zero-order chi connectivity index (χ0) is 13.5. The number of nitrogens with two attached hydrogens (primary N) is 1. The first-order chi connectivity index (χ1) is 8.56. The first kappa shape index (κ1) is 14.8. The Hall–Kier alpha value is -1.26. The maximum absolute atomic E-state index is 10.8. The van der Waals surface area contributed by atoms with Crippen LogP contribution in [0.2, 0.25) is 5.02 Å². The van der Waals surface area contributed by atoms with Crippen molar-refractivity contribution in [3.8, 4) is 0 Å². The molecule has 1 aromatic carbocycles. The summed E-state index contributed by atoms with van der Waals surface area (Å²) in [6, 6.07) is 6.93. The molecule has 100 valence electrons. The number of hydrogen-bond donors (Lipinski definition) is 2. The summed E-state index contributed by atoms with van der Waals surface area (Å²) in [5.74, 6) is 0. The van der Waals surface area contributed by atoms with E-state index in [1.807, 2.05) is 6.92 Å². The number of aliphatic hydroxyl groups is 1. The molecule has 0 radical (unpaired) electrons. The summed E-state index contributed by atoms with van der Waals surface area (Å²) >= 11 is 6.00. The molecule has 0 saturated heterocycles. The summed E-state index contributed by atoms with van der Waals surface area (Å²) in [6.45, 7) is 2.02. The van der Waals surface area contributed by atoms with Gasteiger partial charge in [-0.1, -0.05) is 43.1 Å². The maximum Gasteiger partial charge on any atom is 0.404 e. The van der Waals surface area contributed by atoms with E-state index in [2.05, 4.69) is 0 Å². The standard InChI is InChI=1S/C13H18ClNO3/c1-2-3-8-11(18-13(15)17)12(16)9-6-4-5-7-10(9)14/h4-7,11-12,16H,2-3,8H2,1H3,(H2,15,17)/t11-,12-/m1/s1. The normalized spacial score (nSPS) is 13.9. The van der Waals surface area contributed by atoms with Gasteiger partial charge in [0.05, 0.1) is 0 Å². The van der Waals surface area contributed by atoms with Crippen molar-refractivity contribution in [3.05, 3.63) is 34.9 Å². The van der Waals surface area contributed by atoms with Crippen LogP contribution < -0.4 is 5.73 Å². The molecule has 0 aromatic heterocycles. The van der Waals surface area contributed by atoms with Gasteiger partial charge in [0, 0.05) is 10.6 Å². The zero-order valence-corrected chi connectivity index (χ0v) is 11.1. The number of halogens is 1. The minimum Gasteiger partial charge on any atom is -0.443 e. The van der Waals surface area contributed by atoms with Crippen molar-refractivity contribution in [2.45, 2.75) is 38.4 Å². The number of ether oxygens (including phenoxy) is 1. The van der Waals surface area contributed by atoms with Crippen LogP contribution in [0.5, 0.6) is 0 Å². The summed E-state index contributed by atoms with van der Waals surface area (Å²) in [4.78, 5) is 10.8. The maximum atomic E-state index is 10.8. The Kier molecular flexibility index (Phi) is 5.95. The predicted molar refractivity (Wildman–Crippen MR) is 70.4 cm³/mol. The smallest absolute Gasteiger partial charge is 0.404 e. The number of primary amides is 1. The van der Waals surface area contributed by atoms with Gasteiger partial charge in [0.15, 0.2) is 0 Å². The Bertz CT molecular complexity index is 398. The van der Waals surface area contributed by atoms with Crippen LogP contribution in [0.4, 0.5) is 4.79 Å². The van der Waals surface area contributed by atoms with Gasteiger partial charge in [-0.3, -0.25) is 0 Å². The van der Waals surface area contributed by atoms with Crippen LogP contribution in [-0.4, -0.2) is 17.3 Å². The van der Waals surface area contributed by atoms with Crippen LogP contribution in [0.1, 0.15) is 37.9 Å². The highest BCUT2D eigenvalue weighted by Gasteiger charge is 2.25. The van der Waals surface area contributed by atoms with Gasteiger partial charge in [-0.15, -0.1) is 0 Å². The fourth-order valence-corrected chi connectivity index (χ4v) is 2.00. The van der Waals surface area contributed by atoms with Crippen molar-refractivity contribution in [1.29, 1.82) is 0 Å². The third-order valence-corrected chi connectivity index (χ3v) is 3.03. The second-order valence-corrected chi connectivity index (χ2v) is 4.49. The highest BCUT2D eigenvalue weighted by Crippen LogP contribution is 2.28. The van der Waals surface area contributed by atoms with Crippen LogP contribution >= 0.6 is 11.6 Å². The second-order valence-electron chi connectivity index (χ2n) is 4.08. The Balaban J connectivity index is 2.83. The minimum absolute atomic E-state index is 0.444. The number of aliphatic hydroxyl groups excluding tert-OH is 1. The van der Waals surface area contributed by atoms with Gasteiger partial charge in [0.25, 0.3) is 0 Å². The molecule has 4 nitrogen and oxygen atoms in total. The van der Waals surface area contributed by atoms with E-state index in [9.17, 15) is 9.90 Å². The van der Waals surface area contributed by atoms with Gasteiger partial charge in [-0.05, 0) is 18.9 Å². The summed E-state index contributed by atoms with van der Waals surface area (Å²) in [5, 5.41) is 10.7. The quantitative estimate of drug-likeness (QED) is 0.835. The summed E-state index contributed by atoms with van der Waals surface area (Å²) in [7, 11) is 0. The lowest BCUT2D eigenvalue weighted by Gasteiger charge is -2.23. The molecule has 5 heteroatoms. The molecule has 1 amide bonds. The van der Waals surface area contributed by atoms with Gasteiger partial charge >= 0.3 is 6.09 Å². The third kappa shape index (κ3) is 4.20. The highest BCUT2D eigenvalue weighted by molar-refractivity contribution is 6.31. The Morgan fingerprint density at radius 1 is 1.50 bits per heavy atom. The van der Waals surface area contributed by atoms with E-state index in [1.165, 1.54) is 0 Å². The molecular weight excluding hydrogens is 254 g/mol. The Morgan fingerprint density at radius 2 is 2.17 bits per heavy atom. The number of rotatable bonds is 6. The lowest BCUT2D eigenvalue weighted by molar-refractivity contribution is -0.000250. The monoisotopic (exact) mass is 271 g/mol. The first-order valence-electron chi connectivity index (χ1n) is 5.94. The molecule has 0 fully saturated rings. The van der Waals surface area contributed by atoms with Gasteiger partial charge < -0.3 is 15.6 Å². The fourth-order valence-electron chi connectivity index (χ4n) is 1.75. The van der Waals surface area contributed by atoms with Gasteiger partial charge in [0.2, 0.25) is 0 Å². The van der Waals surface area contributed by atoms with E-state index < -0.39 is 18.3 Å². The average molecular weight is 272 g/mol. The lowest BCUT2D eigenvalue weighted by atomic mass is 10.00. The summed E-state index contributed by atoms with van der Waals surface area (Å²) < 4.78 is 4.95. The molecule has 2 atom stereocenters. The molecule has 0 aliphatic heterocycles. The van der Waals surface area contributed by atoms with Crippen LogP contribution in [0, 0.1) is 0 Å². The SMILES string of the molecule is CCCC[C@@H](OC(N)=O)[C@H](O)c1ccccc1Cl. The van der Waals surface area contributed by atoms with Crippen molar-refractivity contribution in [2.75, 3.05) is 0 Å². The van der Waals surface area contributed by atoms with Crippen molar-refractivity contribution in [1.82, 2.24) is 0 Å². The van der Waals surface area contributed by atoms with E-state index >= 15 is 0 Å². The zero-order valence-electron chi connectivity index (χ0n) is 10.3. The molecular formula is C13H18ClNO3. The molecule has 0 bridgehead atoms. The van der Waals surface area contributed by atoms with Gasteiger partial charge in [-0.2, -0.15) is 0 Å². The van der Waals surface area contributed by atoms with E-state index in [0.29, 0.717) is 17.0 Å². The molecule has 0 heterocycles. The molecule has 0 aliphatic carbocycles. The molecule has 0 saturated carbocycles. The van der Waals surface area contributed by atoms with Crippen molar-refractivity contribution in [2.24, 2.45) is 5.73 Å². The van der Waals surface area contributed by atoms with Crippen LogP contribution in [0.3, 0.4) is 0 Å². The number of benzene rings is 1. The van der Waals surface area contributed by atoms with Crippen LogP contribution in [0.15, 0.2) is 24.3 Å².